The highest BCUT2D eigenvalue weighted by Crippen LogP contribution is 2.33. The van der Waals surface area contributed by atoms with Crippen LogP contribution < -0.4 is 16.0 Å². The fourth-order valence-electron chi connectivity index (χ4n) is 4.66. The second-order valence-electron chi connectivity index (χ2n) is 10.9. The molecule has 1 atom stereocenters. The van der Waals surface area contributed by atoms with Crippen LogP contribution in [0.4, 0.5) is 16.3 Å². The van der Waals surface area contributed by atoms with Gasteiger partial charge in [-0.25, -0.2) is 4.79 Å². The highest BCUT2D eigenvalue weighted by atomic mass is 32.1. The summed E-state index contributed by atoms with van der Waals surface area (Å²) in [6.45, 7) is 9.20. The van der Waals surface area contributed by atoms with Gasteiger partial charge >= 0.3 is 6.09 Å². The molecule has 1 aliphatic heterocycles. The minimum Gasteiger partial charge on any atom is -0.444 e. The molecule has 210 valence electrons. The molecule has 2 aromatic carbocycles. The number of nitrogens with two attached hydrogens (primary N) is 1. The predicted octanol–water partition coefficient (Wildman–Crippen LogP) is 5.63. The molecule has 1 saturated heterocycles. The first-order valence-electron chi connectivity index (χ1n) is 13.4. The fraction of sp³-hybridized carbons (Fsp3) is 0.367. The average molecular weight is 561 g/mol. The number of rotatable bonds is 7. The second kappa shape index (κ2) is 11.8. The first kappa shape index (κ1) is 27.8. The number of thiophene rings is 1. The molecular formula is C30H36N6O3S. The van der Waals surface area contributed by atoms with Crippen LogP contribution in [0.5, 0.6) is 0 Å². The smallest absolute Gasteiger partial charge is 0.410 e. The van der Waals surface area contributed by atoms with Gasteiger partial charge in [0, 0.05) is 48.0 Å². The topological polar surface area (TPSA) is 106 Å². The quantitative estimate of drug-likeness (QED) is 0.280. The van der Waals surface area contributed by atoms with E-state index in [1.807, 2.05) is 39.0 Å². The van der Waals surface area contributed by atoms with Crippen molar-refractivity contribution in [1.29, 1.82) is 0 Å². The maximum atomic E-state index is 12.5. The molecule has 3 N–H and O–H groups in total. The second-order valence-corrected chi connectivity index (χ2v) is 11.9. The maximum absolute atomic E-state index is 12.5. The average Bonchev–Trinajstić information content (AvgIpc) is 3.43. The van der Waals surface area contributed by atoms with Gasteiger partial charge in [0.2, 0.25) is 0 Å². The summed E-state index contributed by atoms with van der Waals surface area (Å²) < 4.78 is 11.0. The Morgan fingerprint density at radius 3 is 2.75 bits per heavy atom. The summed E-state index contributed by atoms with van der Waals surface area (Å²) in [6.07, 6.45) is 0.943. The third-order valence-electron chi connectivity index (χ3n) is 6.68. The standard InChI is InChI=1S/C30H36N6O3S/c1-30(2,3)39-29(37)35(4)18-21-7-5-6-8-24(21)22-15-26(40-19-22)27(31)33-28-25-16-23(36-11-13-38-14-12-36)10-9-20(25)17-32-34-28/h5-10,15-17,19,27H,11-14,18,31H2,1-4H3,(H,33,34)/t27-/m0/s1. The van der Waals surface area contributed by atoms with Crippen molar-refractivity contribution in [2.75, 3.05) is 43.6 Å². The molecule has 10 heteroatoms. The fourth-order valence-corrected chi connectivity index (χ4v) is 5.52. The van der Waals surface area contributed by atoms with Crippen molar-refractivity contribution >= 4 is 39.7 Å². The summed E-state index contributed by atoms with van der Waals surface area (Å²) >= 11 is 1.58. The lowest BCUT2D eigenvalue weighted by molar-refractivity contribution is 0.0285. The summed E-state index contributed by atoms with van der Waals surface area (Å²) in [6, 6.07) is 16.5. The van der Waals surface area contributed by atoms with Crippen LogP contribution in [0.1, 0.15) is 37.4 Å². The summed E-state index contributed by atoms with van der Waals surface area (Å²) in [7, 11) is 1.75. The van der Waals surface area contributed by atoms with E-state index in [0.717, 1.165) is 64.3 Å². The zero-order valence-corrected chi connectivity index (χ0v) is 24.2. The van der Waals surface area contributed by atoms with Gasteiger partial charge in [0.15, 0.2) is 5.82 Å². The summed E-state index contributed by atoms with van der Waals surface area (Å²) in [5.41, 5.74) is 10.3. The van der Waals surface area contributed by atoms with Crippen molar-refractivity contribution in [3.05, 3.63) is 70.5 Å². The number of benzene rings is 2. The molecule has 1 fully saturated rings. The molecular weight excluding hydrogens is 524 g/mol. The van der Waals surface area contributed by atoms with Gasteiger partial charge in [-0.3, -0.25) is 0 Å². The lowest BCUT2D eigenvalue weighted by Gasteiger charge is -2.29. The number of hydrogen-bond acceptors (Lipinski definition) is 9. The number of aromatic nitrogens is 2. The number of carbonyl (C=O) groups excluding carboxylic acids is 1. The number of morpholine rings is 1. The number of ether oxygens (including phenoxy) is 2. The molecule has 0 spiro atoms. The number of nitrogens with one attached hydrogen (secondary N) is 1. The number of carbonyl (C=O) groups is 1. The SMILES string of the molecule is CN(Cc1ccccc1-c1csc([C@@H](N)Nc2nncc3ccc(N4CCOCC4)cc23)c1)C(=O)OC(C)(C)C. The van der Waals surface area contributed by atoms with Crippen molar-refractivity contribution in [3.63, 3.8) is 0 Å². The number of hydrogen-bond donors (Lipinski definition) is 2. The third-order valence-corrected chi connectivity index (χ3v) is 7.70. The van der Waals surface area contributed by atoms with Gasteiger partial charge in [0.05, 0.1) is 19.4 Å². The Kier molecular flexibility index (Phi) is 8.20. The Hall–Kier alpha value is -3.73. The van der Waals surface area contributed by atoms with Gasteiger partial charge in [-0.05, 0) is 61.0 Å². The Balaban J connectivity index is 1.34. The first-order chi connectivity index (χ1) is 19.2. The molecule has 0 bridgehead atoms. The summed E-state index contributed by atoms with van der Waals surface area (Å²) in [5.74, 6) is 0.648. The number of nitrogens with zero attached hydrogens (tertiary/aromatic N) is 4. The van der Waals surface area contributed by atoms with E-state index in [4.69, 9.17) is 15.2 Å². The van der Waals surface area contributed by atoms with E-state index < -0.39 is 11.8 Å². The normalized spacial score (nSPS) is 14.7. The van der Waals surface area contributed by atoms with Crippen molar-refractivity contribution in [2.24, 2.45) is 5.73 Å². The van der Waals surface area contributed by atoms with E-state index >= 15 is 0 Å². The maximum Gasteiger partial charge on any atom is 0.410 e. The van der Waals surface area contributed by atoms with Crippen LogP contribution in [0.2, 0.25) is 0 Å². The Labute approximate surface area is 238 Å². The van der Waals surface area contributed by atoms with Crippen molar-refractivity contribution in [1.82, 2.24) is 15.1 Å². The van der Waals surface area contributed by atoms with E-state index in [0.29, 0.717) is 12.4 Å². The van der Waals surface area contributed by atoms with Crippen LogP contribution in [-0.2, 0) is 16.0 Å². The molecule has 9 nitrogen and oxygen atoms in total. The predicted molar refractivity (Wildman–Crippen MR) is 161 cm³/mol. The Morgan fingerprint density at radius 1 is 1.20 bits per heavy atom. The van der Waals surface area contributed by atoms with E-state index in [1.165, 1.54) is 0 Å². The van der Waals surface area contributed by atoms with Crippen LogP contribution in [0.25, 0.3) is 21.9 Å². The largest absolute Gasteiger partial charge is 0.444 e. The van der Waals surface area contributed by atoms with Gasteiger partial charge in [0.1, 0.15) is 11.8 Å². The molecule has 0 saturated carbocycles. The van der Waals surface area contributed by atoms with Crippen molar-refractivity contribution < 1.29 is 14.3 Å². The lowest BCUT2D eigenvalue weighted by Crippen LogP contribution is -2.36. The molecule has 4 aromatic rings. The first-order valence-corrected chi connectivity index (χ1v) is 14.3. The number of fused-ring (bicyclic) bond motifs is 1. The molecule has 1 amide bonds. The van der Waals surface area contributed by atoms with Gasteiger partial charge in [0.25, 0.3) is 0 Å². The highest BCUT2D eigenvalue weighted by molar-refractivity contribution is 7.10. The van der Waals surface area contributed by atoms with E-state index in [2.05, 4.69) is 56.1 Å². The Bertz CT molecular complexity index is 1480. The number of anilines is 2. The molecule has 5 rings (SSSR count). The van der Waals surface area contributed by atoms with Gasteiger partial charge in [-0.2, -0.15) is 5.10 Å². The van der Waals surface area contributed by atoms with Gasteiger partial charge < -0.3 is 30.3 Å². The monoisotopic (exact) mass is 560 g/mol. The zero-order valence-electron chi connectivity index (χ0n) is 23.4. The third kappa shape index (κ3) is 6.52. The van der Waals surface area contributed by atoms with Gasteiger partial charge in [-0.15, -0.1) is 16.4 Å². The zero-order chi connectivity index (χ0) is 28.3. The molecule has 3 heterocycles. The summed E-state index contributed by atoms with van der Waals surface area (Å²) in [4.78, 5) is 17.4. The molecule has 1 aliphatic rings. The molecule has 40 heavy (non-hydrogen) atoms. The Morgan fingerprint density at radius 2 is 1.98 bits per heavy atom. The molecule has 2 aromatic heterocycles. The van der Waals surface area contributed by atoms with Crippen LogP contribution >= 0.6 is 11.3 Å². The van der Waals surface area contributed by atoms with Gasteiger partial charge in [-0.1, -0.05) is 30.3 Å². The van der Waals surface area contributed by atoms with Crippen LogP contribution in [0, 0.1) is 0 Å². The summed E-state index contributed by atoms with van der Waals surface area (Å²) in [5, 5.41) is 16.0. The van der Waals surface area contributed by atoms with E-state index in [9.17, 15) is 4.79 Å². The van der Waals surface area contributed by atoms with Crippen molar-refractivity contribution in [3.8, 4) is 11.1 Å². The molecule has 0 unspecified atom stereocenters. The highest BCUT2D eigenvalue weighted by Gasteiger charge is 2.21. The van der Waals surface area contributed by atoms with E-state index in [-0.39, 0.29) is 6.09 Å². The van der Waals surface area contributed by atoms with Crippen LogP contribution in [-0.4, -0.2) is 60.1 Å². The minimum absolute atomic E-state index is 0.354. The minimum atomic E-state index is -0.547. The van der Waals surface area contributed by atoms with Crippen molar-refractivity contribution in [2.45, 2.75) is 39.1 Å². The van der Waals surface area contributed by atoms with Crippen LogP contribution in [0.3, 0.4) is 0 Å². The van der Waals surface area contributed by atoms with Crippen LogP contribution in [0.15, 0.2) is 60.1 Å². The van der Waals surface area contributed by atoms with E-state index in [1.54, 1.807) is 29.5 Å². The molecule has 0 radical (unpaired) electrons. The molecule has 0 aliphatic carbocycles. The number of amides is 1. The lowest BCUT2D eigenvalue weighted by atomic mass is 10.0.